The van der Waals surface area contributed by atoms with E-state index in [4.69, 9.17) is 18.8 Å². The van der Waals surface area contributed by atoms with Gasteiger partial charge in [-0.25, -0.2) is 4.99 Å². The molecule has 1 aliphatic carbocycles. The van der Waals surface area contributed by atoms with Crippen molar-refractivity contribution in [3.8, 4) is 11.4 Å². The number of rotatable bonds is 5. The molecule has 0 bridgehead atoms. The quantitative estimate of drug-likeness (QED) is 0.173. The number of benzene rings is 11. The summed E-state index contributed by atoms with van der Waals surface area (Å²) >= 11 is 0. The summed E-state index contributed by atoms with van der Waals surface area (Å²) in [5.74, 6) is 0.728. The van der Waals surface area contributed by atoms with Crippen molar-refractivity contribution in [2.75, 3.05) is 0 Å². The Labute approximate surface area is 423 Å². The van der Waals surface area contributed by atoms with Crippen molar-refractivity contribution in [1.82, 2.24) is 9.13 Å². The Morgan fingerprint density at radius 1 is 0.419 bits per heavy atom. The second kappa shape index (κ2) is 14.6. The van der Waals surface area contributed by atoms with Gasteiger partial charge in [0.25, 0.3) is 0 Å². The van der Waals surface area contributed by atoms with Crippen LogP contribution in [0.15, 0.2) is 243 Å². The van der Waals surface area contributed by atoms with Gasteiger partial charge in [0, 0.05) is 60.4 Å². The van der Waals surface area contributed by atoms with Crippen molar-refractivity contribution >= 4 is 121 Å². The highest BCUT2D eigenvalue weighted by Gasteiger charge is 2.68. The van der Waals surface area contributed by atoms with Gasteiger partial charge >= 0.3 is 0 Å². The average molecular weight is 947 g/mol. The summed E-state index contributed by atoms with van der Waals surface area (Å²) in [7, 11) is 0. The van der Waals surface area contributed by atoms with Gasteiger partial charge in [0.2, 0.25) is 0 Å². The summed E-state index contributed by atoms with van der Waals surface area (Å²) in [6, 6.07) is 80.8. The molecule has 0 N–H and O–H groups in total. The van der Waals surface area contributed by atoms with Gasteiger partial charge in [-0.15, -0.1) is 0 Å². The van der Waals surface area contributed by atoms with Crippen LogP contribution in [0.3, 0.4) is 0 Å². The highest BCUT2D eigenvalue weighted by Crippen LogP contribution is 2.66. The summed E-state index contributed by atoms with van der Waals surface area (Å²) in [5.41, 5.74) is 13.5. The van der Waals surface area contributed by atoms with E-state index in [-0.39, 0.29) is 11.8 Å². The van der Waals surface area contributed by atoms with Crippen LogP contribution in [0, 0.1) is 11.8 Å². The third kappa shape index (κ3) is 5.23. The maximum absolute atomic E-state index is 7.27. The SMILES string of the molecule is CC1C2C(c3ccc(-n4c5cc6ccccc6cc5c5c6ccccc6ccc54)c4c3oc3ccccc34)=NC(c3cccc4c3c3ccccc3n4-c3ccccc3)=NC12c1cccc2oc3ccccc3c12. The molecule has 1 fully saturated rings. The summed E-state index contributed by atoms with van der Waals surface area (Å²) in [6.07, 6.45) is 0. The highest BCUT2D eigenvalue weighted by molar-refractivity contribution is 6.29. The maximum Gasteiger partial charge on any atom is 0.156 e. The number of aromatic nitrogens is 2. The van der Waals surface area contributed by atoms with Gasteiger partial charge in [-0.05, 0) is 106 Å². The van der Waals surface area contributed by atoms with Crippen molar-refractivity contribution < 1.29 is 8.83 Å². The minimum atomic E-state index is -0.662. The standard InChI is InChI=1S/C68H42N4O2/c1-39-64-65(49-34-36-55(63-47-25-11-14-31-58(47)74-66(49)63)72-54-35-33-40-17-7-8-22-44(40)60(54)50-37-41-18-5-6-19-42(41)38-56(50)72)69-67(70-68(39,64)51-27-16-32-59-62(51)46-24-10-13-30-57(46)73-59)48-26-15-29-53-61(48)45-23-9-12-28-52(45)71(53)43-20-3-2-4-21-43/h2-39,64H,1H3. The lowest BCUT2D eigenvalue weighted by atomic mass is 9.91. The van der Waals surface area contributed by atoms with Crippen LogP contribution in [0.1, 0.15) is 23.6 Å². The summed E-state index contributed by atoms with van der Waals surface area (Å²) in [4.78, 5) is 11.9. The van der Waals surface area contributed by atoms with Gasteiger partial charge in [-0.2, -0.15) is 0 Å². The Morgan fingerprint density at radius 3 is 1.91 bits per heavy atom. The number of nitrogens with zero attached hydrogens (tertiary/aromatic N) is 4. The first-order chi connectivity index (χ1) is 36.6. The van der Waals surface area contributed by atoms with Crippen LogP contribution < -0.4 is 0 Å². The van der Waals surface area contributed by atoms with Crippen LogP contribution in [-0.4, -0.2) is 20.7 Å². The molecule has 6 heteroatoms. The van der Waals surface area contributed by atoms with Gasteiger partial charge in [-0.1, -0.05) is 159 Å². The van der Waals surface area contributed by atoms with Crippen molar-refractivity contribution in [3.63, 3.8) is 0 Å². The van der Waals surface area contributed by atoms with Crippen LogP contribution >= 0.6 is 0 Å². The zero-order chi connectivity index (χ0) is 48.4. The Kier molecular flexibility index (Phi) is 7.89. The molecule has 11 aromatic carbocycles. The number of hydrogen-bond acceptors (Lipinski definition) is 4. The molecule has 74 heavy (non-hydrogen) atoms. The van der Waals surface area contributed by atoms with Crippen LogP contribution in [0.5, 0.6) is 0 Å². The zero-order valence-corrected chi connectivity index (χ0v) is 40.1. The molecule has 3 unspecified atom stereocenters. The maximum atomic E-state index is 7.27. The van der Waals surface area contributed by atoms with Crippen molar-refractivity contribution in [1.29, 1.82) is 0 Å². The van der Waals surface area contributed by atoms with Gasteiger partial charge < -0.3 is 18.0 Å². The minimum Gasteiger partial charge on any atom is -0.456 e. The zero-order valence-electron chi connectivity index (χ0n) is 40.1. The normalized spacial score (nSPS) is 17.7. The molecule has 2 aliphatic rings. The molecule has 346 valence electrons. The van der Waals surface area contributed by atoms with E-state index in [1.807, 2.05) is 6.07 Å². The first-order valence-corrected chi connectivity index (χ1v) is 25.6. The highest BCUT2D eigenvalue weighted by atomic mass is 16.3. The number of fused-ring (bicyclic) bond motifs is 16. The fraction of sp³-hybridized carbons (Fsp3) is 0.0588. The van der Waals surface area contributed by atoms with E-state index in [1.165, 1.54) is 32.3 Å². The second-order valence-electron chi connectivity index (χ2n) is 20.4. The van der Waals surface area contributed by atoms with E-state index in [2.05, 4.69) is 234 Å². The fourth-order valence-electron chi connectivity index (χ4n) is 13.5. The van der Waals surface area contributed by atoms with Crippen LogP contribution in [0.25, 0.3) is 120 Å². The molecule has 0 radical (unpaired) electrons. The van der Waals surface area contributed by atoms with Gasteiger partial charge in [0.1, 0.15) is 27.9 Å². The average Bonchev–Trinajstić information content (AvgIpc) is 4.09. The van der Waals surface area contributed by atoms with E-state index < -0.39 is 5.54 Å². The van der Waals surface area contributed by atoms with Crippen LogP contribution in [-0.2, 0) is 5.54 Å². The molecule has 0 saturated heterocycles. The molecule has 0 amide bonds. The van der Waals surface area contributed by atoms with Crippen molar-refractivity contribution in [2.24, 2.45) is 21.8 Å². The molecule has 6 nitrogen and oxygen atoms in total. The van der Waals surface area contributed by atoms with E-state index in [0.717, 1.165) is 110 Å². The molecular weight excluding hydrogens is 905 g/mol. The predicted molar refractivity (Wildman–Crippen MR) is 305 cm³/mol. The van der Waals surface area contributed by atoms with Crippen LogP contribution in [0.2, 0.25) is 0 Å². The van der Waals surface area contributed by atoms with Crippen LogP contribution in [0.4, 0.5) is 0 Å². The van der Waals surface area contributed by atoms with E-state index in [1.54, 1.807) is 0 Å². The van der Waals surface area contributed by atoms with Gasteiger partial charge in [0.05, 0.1) is 38.9 Å². The molecule has 1 aliphatic heterocycles. The fourth-order valence-corrected chi connectivity index (χ4v) is 13.5. The second-order valence-corrected chi connectivity index (χ2v) is 20.4. The minimum absolute atomic E-state index is 0.0661. The predicted octanol–water partition coefficient (Wildman–Crippen LogP) is 17.4. The largest absolute Gasteiger partial charge is 0.456 e. The first-order valence-electron chi connectivity index (χ1n) is 25.6. The Bertz CT molecular complexity index is 5010. The lowest BCUT2D eigenvalue weighted by Crippen LogP contribution is -2.23. The number of hydrogen-bond donors (Lipinski definition) is 0. The Balaban J connectivity index is 0.969. The Morgan fingerprint density at radius 2 is 1.07 bits per heavy atom. The van der Waals surface area contributed by atoms with E-state index >= 15 is 0 Å². The number of furan rings is 2. The Hall–Kier alpha value is -9.52. The third-order valence-corrected chi connectivity index (χ3v) is 16.7. The molecular formula is C68H42N4O2. The monoisotopic (exact) mass is 946 g/mol. The topological polar surface area (TPSA) is 60.9 Å². The molecule has 0 spiro atoms. The molecule has 15 aromatic rings. The lowest BCUT2D eigenvalue weighted by molar-refractivity contribution is 0.652. The first kappa shape index (κ1) is 40.1. The smallest absolute Gasteiger partial charge is 0.156 e. The van der Waals surface area contributed by atoms with E-state index in [9.17, 15) is 0 Å². The van der Waals surface area contributed by atoms with E-state index in [0.29, 0.717) is 5.84 Å². The van der Waals surface area contributed by atoms with Crippen molar-refractivity contribution in [3.05, 3.63) is 241 Å². The lowest BCUT2D eigenvalue weighted by Gasteiger charge is -2.23. The van der Waals surface area contributed by atoms with Crippen molar-refractivity contribution in [2.45, 2.75) is 12.5 Å². The molecule has 1 saturated carbocycles. The van der Waals surface area contributed by atoms with Gasteiger partial charge in [-0.3, -0.25) is 4.99 Å². The molecule has 3 atom stereocenters. The van der Waals surface area contributed by atoms with Gasteiger partial charge in [0.15, 0.2) is 5.84 Å². The summed E-state index contributed by atoms with van der Waals surface area (Å²) in [5, 5.41) is 13.9. The number of amidine groups is 1. The molecule has 5 heterocycles. The summed E-state index contributed by atoms with van der Waals surface area (Å²) in [6.45, 7) is 2.35. The summed E-state index contributed by atoms with van der Waals surface area (Å²) < 4.78 is 18.7. The number of para-hydroxylation sites is 4. The third-order valence-electron chi connectivity index (χ3n) is 16.7. The number of aliphatic imine (C=N–C) groups is 2. The molecule has 17 rings (SSSR count). The molecule has 4 aromatic heterocycles.